The molecular formula is C63H116O14. The van der Waals surface area contributed by atoms with Crippen molar-refractivity contribution in [2.75, 3.05) is 33.0 Å². The van der Waals surface area contributed by atoms with Gasteiger partial charge in [0.2, 0.25) is 0 Å². The average molecular weight is 1100 g/mol. The highest BCUT2D eigenvalue weighted by Gasteiger charge is 2.47. The summed E-state index contributed by atoms with van der Waals surface area (Å²) in [5.74, 6) is -0.377. The van der Waals surface area contributed by atoms with Crippen molar-refractivity contribution in [1.29, 1.82) is 0 Å². The van der Waals surface area contributed by atoms with Crippen LogP contribution in [0.3, 0.4) is 0 Å². The first kappa shape index (κ1) is 71.3. The third-order valence-corrected chi connectivity index (χ3v) is 15.1. The Morgan fingerprint density at radius 3 is 1.29 bits per heavy atom. The van der Waals surface area contributed by atoms with Gasteiger partial charge in [-0.05, 0) is 70.6 Å². The van der Waals surface area contributed by atoms with Gasteiger partial charge in [0.05, 0.1) is 26.4 Å². The maximum Gasteiger partial charge on any atom is 0.306 e. The first-order chi connectivity index (χ1) is 37.6. The van der Waals surface area contributed by atoms with E-state index in [0.29, 0.717) is 13.0 Å². The summed E-state index contributed by atoms with van der Waals surface area (Å²) >= 11 is 0. The zero-order chi connectivity index (χ0) is 55.8. The van der Waals surface area contributed by atoms with Gasteiger partial charge in [0.1, 0.15) is 54.9 Å². The highest BCUT2D eigenvalue weighted by molar-refractivity contribution is 5.69. The van der Waals surface area contributed by atoms with Gasteiger partial charge in [-0.25, -0.2) is 0 Å². The molecule has 2 aliphatic heterocycles. The summed E-state index contributed by atoms with van der Waals surface area (Å²) < 4.78 is 34.5. The number of allylic oxidation sites excluding steroid dienone is 6. The molecule has 11 atom stereocenters. The second kappa shape index (κ2) is 50.0. The minimum atomic E-state index is -1.71. The fraction of sp³-hybridized carbons (Fsp3) is 0.889. The van der Waals surface area contributed by atoms with Crippen molar-refractivity contribution in [1.82, 2.24) is 0 Å². The van der Waals surface area contributed by atoms with Crippen LogP contribution in [0, 0.1) is 0 Å². The van der Waals surface area contributed by atoms with Gasteiger partial charge in [-0.3, -0.25) is 4.79 Å². The summed E-state index contributed by atoms with van der Waals surface area (Å²) in [4.78, 5) is 13.1. The van der Waals surface area contributed by atoms with E-state index in [-0.39, 0.29) is 25.6 Å². The van der Waals surface area contributed by atoms with Crippen LogP contribution in [0.4, 0.5) is 0 Å². The van der Waals surface area contributed by atoms with Crippen LogP contribution in [-0.2, 0) is 33.2 Å². The molecule has 0 aromatic heterocycles. The Labute approximate surface area is 468 Å². The molecule has 2 aliphatic rings. The quantitative estimate of drug-likeness (QED) is 0.0172. The van der Waals surface area contributed by atoms with Crippen molar-refractivity contribution in [2.45, 2.75) is 325 Å². The van der Waals surface area contributed by atoms with Crippen LogP contribution in [0.15, 0.2) is 36.5 Å². The molecule has 0 radical (unpaired) electrons. The molecule has 14 heteroatoms. The van der Waals surface area contributed by atoms with E-state index in [1.54, 1.807) is 0 Å². The van der Waals surface area contributed by atoms with Crippen LogP contribution in [0.5, 0.6) is 0 Å². The fourth-order valence-electron chi connectivity index (χ4n) is 10.0. The molecule has 2 rings (SSSR count). The Kier molecular flexibility index (Phi) is 46.3. The lowest BCUT2D eigenvalue weighted by atomic mass is 9.98. The van der Waals surface area contributed by atoms with Crippen molar-refractivity contribution in [3.8, 4) is 0 Å². The van der Waals surface area contributed by atoms with Gasteiger partial charge < -0.3 is 64.2 Å². The summed E-state index contributed by atoms with van der Waals surface area (Å²) in [6.45, 7) is 3.70. The number of carbonyl (C=O) groups is 1. The molecule has 452 valence electrons. The SMILES string of the molecule is CCCCC/C=C\C/C=C\CCCCCCCCCCCC(=O)OC(COCCCCCCCCCCCCCC/C=C\CCCCCCCCCC)COC1OC(COC2OC(CO)C(O)C(O)C2O)C(O)C(O)C1O. The Morgan fingerprint density at radius 2 is 0.805 bits per heavy atom. The maximum atomic E-state index is 13.1. The largest absolute Gasteiger partial charge is 0.457 e. The molecule has 2 fully saturated rings. The Balaban J connectivity index is 1.67. The molecule has 0 amide bonds. The third-order valence-electron chi connectivity index (χ3n) is 15.1. The van der Waals surface area contributed by atoms with Gasteiger partial charge in [-0.15, -0.1) is 0 Å². The number of unbranched alkanes of at least 4 members (excludes halogenated alkanes) is 32. The van der Waals surface area contributed by atoms with Gasteiger partial charge in [0.25, 0.3) is 0 Å². The van der Waals surface area contributed by atoms with E-state index in [4.69, 9.17) is 28.4 Å². The second-order valence-corrected chi connectivity index (χ2v) is 22.2. The Bertz CT molecular complexity index is 1410. The highest BCUT2D eigenvalue weighted by atomic mass is 16.7. The summed E-state index contributed by atoms with van der Waals surface area (Å²) in [5.41, 5.74) is 0. The van der Waals surface area contributed by atoms with Crippen LogP contribution in [0.1, 0.15) is 258 Å². The lowest BCUT2D eigenvalue weighted by Gasteiger charge is -2.42. The lowest BCUT2D eigenvalue weighted by molar-refractivity contribution is -0.332. The molecule has 0 aromatic rings. The summed E-state index contributed by atoms with van der Waals surface area (Å²) in [7, 11) is 0. The van der Waals surface area contributed by atoms with Crippen LogP contribution < -0.4 is 0 Å². The van der Waals surface area contributed by atoms with Crippen molar-refractivity contribution >= 4 is 5.97 Å². The summed E-state index contributed by atoms with van der Waals surface area (Å²) in [6.07, 6.45) is 43.5. The molecule has 77 heavy (non-hydrogen) atoms. The van der Waals surface area contributed by atoms with Crippen molar-refractivity contribution < 1.29 is 69.0 Å². The van der Waals surface area contributed by atoms with E-state index in [1.165, 1.54) is 180 Å². The monoisotopic (exact) mass is 1100 g/mol. The summed E-state index contributed by atoms with van der Waals surface area (Å²) in [5, 5.41) is 72.5. The van der Waals surface area contributed by atoms with E-state index in [1.807, 2.05) is 0 Å². The molecule has 11 unspecified atom stereocenters. The van der Waals surface area contributed by atoms with E-state index >= 15 is 0 Å². The minimum absolute atomic E-state index is 0.0618. The highest BCUT2D eigenvalue weighted by Crippen LogP contribution is 2.27. The zero-order valence-corrected chi connectivity index (χ0v) is 48.7. The number of rotatable bonds is 52. The predicted octanol–water partition coefficient (Wildman–Crippen LogP) is 12.1. The van der Waals surface area contributed by atoms with Crippen molar-refractivity contribution in [3.63, 3.8) is 0 Å². The van der Waals surface area contributed by atoms with E-state index in [0.717, 1.165) is 51.4 Å². The van der Waals surface area contributed by atoms with Crippen LogP contribution in [0.2, 0.25) is 0 Å². The van der Waals surface area contributed by atoms with Crippen molar-refractivity contribution in [3.05, 3.63) is 36.5 Å². The molecule has 0 aliphatic carbocycles. The molecule has 0 spiro atoms. The number of carbonyl (C=O) groups excluding carboxylic acids is 1. The predicted molar refractivity (Wildman–Crippen MR) is 307 cm³/mol. The standard InChI is InChI=1S/C63H116O14/c1-3-5-7-9-11-13-15-17-19-21-23-24-25-26-27-29-31-33-35-37-39-41-43-45-47-72-49-52(75-55(65)46-44-42-40-38-36-34-32-30-28-22-20-18-16-14-12-10-8-6-4-2)50-73-62-61(71)59(69)57(67)54(77-62)51-74-63-60(70)58(68)56(66)53(48-64)76-63/h12,14,18,20-21,23,52-54,56-64,66-71H,3-11,13,15-17,19,22,24-51H2,1-2H3/b14-12-,20-18-,23-21-. The van der Waals surface area contributed by atoms with E-state index < -0.39 is 80.7 Å². The molecular weight excluding hydrogens is 981 g/mol. The van der Waals surface area contributed by atoms with Gasteiger partial charge >= 0.3 is 5.97 Å². The lowest BCUT2D eigenvalue weighted by Crippen LogP contribution is -2.61. The van der Waals surface area contributed by atoms with Gasteiger partial charge in [0.15, 0.2) is 12.6 Å². The zero-order valence-electron chi connectivity index (χ0n) is 48.7. The van der Waals surface area contributed by atoms with Crippen LogP contribution in [-0.4, -0.2) is 142 Å². The Morgan fingerprint density at radius 1 is 0.429 bits per heavy atom. The molecule has 2 saturated heterocycles. The maximum absolute atomic E-state index is 13.1. The Hall–Kier alpha value is -1.79. The van der Waals surface area contributed by atoms with Gasteiger partial charge in [-0.1, -0.05) is 217 Å². The molecule has 7 N–H and O–H groups in total. The van der Waals surface area contributed by atoms with E-state index in [9.17, 15) is 40.5 Å². The smallest absolute Gasteiger partial charge is 0.306 e. The molecule has 0 bridgehead atoms. The molecule has 2 heterocycles. The van der Waals surface area contributed by atoms with Gasteiger partial charge in [-0.2, -0.15) is 0 Å². The topological polar surface area (TPSA) is 214 Å². The van der Waals surface area contributed by atoms with Crippen molar-refractivity contribution in [2.24, 2.45) is 0 Å². The third kappa shape index (κ3) is 36.3. The van der Waals surface area contributed by atoms with Crippen LogP contribution in [0.25, 0.3) is 0 Å². The normalized spacial score (nSPS) is 24.5. The number of aliphatic hydroxyl groups excluding tert-OH is 7. The first-order valence-corrected chi connectivity index (χ1v) is 31.6. The molecule has 0 aromatic carbocycles. The first-order valence-electron chi connectivity index (χ1n) is 31.6. The number of aliphatic hydroxyl groups is 7. The number of hydrogen-bond donors (Lipinski definition) is 7. The van der Waals surface area contributed by atoms with E-state index in [2.05, 4.69) is 50.3 Å². The summed E-state index contributed by atoms with van der Waals surface area (Å²) in [6, 6.07) is 0. The average Bonchev–Trinajstić information content (AvgIpc) is 3.43. The number of ether oxygens (including phenoxy) is 6. The minimum Gasteiger partial charge on any atom is -0.457 e. The van der Waals surface area contributed by atoms with Crippen LogP contribution >= 0.6 is 0 Å². The number of esters is 1. The number of hydrogen-bond acceptors (Lipinski definition) is 14. The molecule has 0 saturated carbocycles. The molecule has 14 nitrogen and oxygen atoms in total. The second-order valence-electron chi connectivity index (χ2n) is 22.2. The van der Waals surface area contributed by atoms with Gasteiger partial charge in [0, 0.05) is 13.0 Å². The fourth-order valence-corrected chi connectivity index (χ4v) is 10.0.